The summed E-state index contributed by atoms with van der Waals surface area (Å²) in [6, 6.07) is 14.5. The number of methoxy groups -OCH3 is 1. The normalized spacial score (nSPS) is 10.8. The Balaban J connectivity index is 1.32. The van der Waals surface area contributed by atoms with Crippen LogP contribution in [0, 0.1) is 0 Å². The largest absolute Gasteiger partial charge is 0.497 e. The number of rotatable bonds is 7. The third-order valence-corrected chi connectivity index (χ3v) is 4.58. The standard InChI is InChI=1S/C21H20N6O3/c1-30-14-8-6-13(7-9-14)20-24-18(26-27-20)12-22-19(28)11-10-17-23-16-5-3-2-4-15(16)21(29)25-17/h2-9H,10-12H2,1H3,(H,22,28)(H,23,25,29)(H,24,26,27). The number of para-hydroxylation sites is 1. The lowest BCUT2D eigenvalue weighted by Crippen LogP contribution is -2.24. The van der Waals surface area contributed by atoms with Gasteiger partial charge in [0.15, 0.2) is 5.82 Å². The van der Waals surface area contributed by atoms with Gasteiger partial charge in [0.25, 0.3) is 5.56 Å². The molecular formula is C21H20N6O3. The molecule has 152 valence electrons. The highest BCUT2D eigenvalue weighted by Gasteiger charge is 2.09. The minimum atomic E-state index is -0.205. The smallest absolute Gasteiger partial charge is 0.258 e. The lowest BCUT2D eigenvalue weighted by atomic mass is 10.2. The molecule has 30 heavy (non-hydrogen) atoms. The van der Waals surface area contributed by atoms with E-state index in [-0.39, 0.29) is 24.4 Å². The maximum Gasteiger partial charge on any atom is 0.258 e. The number of benzene rings is 2. The molecule has 0 aliphatic heterocycles. The van der Waals surface area contributed by atoms with Crippen molar-refractivity contribution in [1.82, 2.24) is 30.5 Å². The minimum Gasteiger partial charge on any atom is -0.497 e. The van der Waals surface area contributed by atoms with Crippen LogP contribution in [0.25, 0.3) is 22.3 Å². The van der Waals surface area contributed by atoms with E-state index in [1.54, 1.807) is 25.3 Å². The van der Waals surface area contributed by atoms with Gasteiger partial charge in [-0.25, -0.2) is 9.97 Å². The van der Waals surface area contributed by atoms with E-state index in [0.717, 1.165) is 11.3 Å². The number of ether oxygens (including phenoxy) is 1. The molecule has 2 aromatic carbocycles. The number of aromatic nitrogens is 5. The summed E-state index contributed by atoms with van der Waals surface area (Å²) in [6.45, 7) is 0.226. The van der Waals surface area contributed by atoms with E-state index < -0.39 is 0 Å². The van der Waals surface area contributed by atoms with Crippen LogP contribution in [0.5, 0.6) is 5.75 Å². The molecule has 0 saturated heterocycles. The number of amides is 1. The number of carbonyl (C=O) groups excluding carboxylic acids is 1. The van der Waals surface area contributed by atoms with E-state index in [2.05, 4.69) is 30.5 Å². The van der Waals surface area contributed by atoms with Gasteiger partial charge in [-0.05, 0) is 36.4 Å². The molecule has 0 spiro atoms. The van der Waals surface area contributed by atoms with Crippen molar-refractivity contribution in [2.75, 3.05) is 7.11 Å². The van der Waals surface area contributed by atoms with Crippen LogP contribution in [0.3, 0.4) is 0 Å². The predicted octanol–water partition coefficient (Wildman–Crippen LogP) is 1.97. The molecule has 3 N–H and O–H groups in total. The van der Waals surface area contributed by atoms with Gasteiger partial charge in [0.05, 0.1) is 24.6 Å². The van der Waals surface area contributed by atoms with Crippen molar-refractivity contribution in [3.05, 3.63) is 70.5 Å². The van der Waals surface area contributed by atoms with Crippen molar-refractivity contribution in [2.45, 2.75) is 19.4 Å². The number of hydrogen-bond donors (Lipinski definition) is 3. The Labute approximate surface area is 171 Å². The number of H-pyrrole nitrogens is 2. The van der Waals surface area contributed by atoms with E-state index in [0.29, 0.717) is 34.8 Å². The average Bonchev–Trinajstić information content (AvgIpc) is 3.25. The highest BCUT2D eigenvalue weighted by atomic mass is 16.5. The van der Waals surface area contributed by atoms with Crippen molar-refractivity contribution < 1.29 is 9.53 Å². The first-order valence-electron chi connectivity index (χ1n) is 9.43. The van der Waals surface area contributed by atoms with E-state index in [1.165, 1.54) is 0 Å². The number of nitrogens with one attached hydrogen (secondary N) is 3. The second kappa shape index (κ2) is 8.56. The van der Waals surface area contributed by atoms with Gasteiger partial charge in [0.1, 0.15) is 17.4 Å². The van der Waals surface area contributed by atoms with E-state index in [9.17, 15) is 9.59 Å². The zero-order valence-electron chi connectivity index (χ0n) is 16.3. The molecule has 9 heteroatoms. The zero-order chi connectivity index (χ0) is 20.9. The second-order valence-electron chi connectivity index (χ2n) is 6.64. The molecule has 0 unspecified atom stereocenters. The minimum absolute atomic E-state index is 0.173. The first-order valence-corrected chi connectivity index (χ1v) is 9.43. The lowest BCUT2D eigenvalue weighted by molar-refractivity contribution is -0.121. The Morgan fingerprint density at radius 2 is 1.87 bits per heavy atom. The first kappa shape index (κ1) is 19.3. The highest BCUT2D eigenvalue weighted by molar-refractivity contribution is 5.78. The van der Waals surface area contributed by atoms with Gasteiger partial charge >= 0.3 is 0 Å². The summed E-state index contributed by atoms with van der Waals surface area (Å²) >= 11 is 0. The Hall–Kier alpha value is -4.01. The summed E-state index contributed by atoms with van der Waals surface area (Å²) in [6.07, 6.45) is 0.528. The Kier molecular flexibility index (Phi) is 5.51. The Morgan fingerprint density at radius 1 is 1.07 bits per heavy atom. The molecule has 4 aromatic rings. The lowest BCUT2D eigenvalue weighted by Gasteiger charge is -2.04. The van der Waals surface area contributed by atoms with Gasteiger partial charge in [-0.2, -0.15) is 5.10 Å². The first-order chi connectivity index (χ1) is 14.6. The van der Waals surface area contributed by atoms with E-state index in [4.69, 9.17) is 4.74 Å². The summed E-state index contributed by atoms with van der Waals surface area (Å²) < 4.78 is 5.14. The molecular weight excluding hydrogens is 384 g/mol. The summed E-state index contributed by atoms with van der Waals surface area (Å²) in [5, 5.41) is 10.3. The highest BCUT2D eigenvalue weighted by Crippen LogP contribution is 2.18. The number of carbonyl (C=O) groups is 1. The number of aryl methyl sites for hydroxylation is 1. The summed E-state index contributed by atoms with van der Waals surface area (Å²) in [4.78, 5) is 35.8. The second-order valence-corrected chi connectivity index (χ2v) is 6.64. The SMILES string of the molecule is COc1ccc(-c2n[nH]c(CNC(=O)CCc3nc4ccccc4c(=O)[nH]3)n2)cc1. The molecule has 0 aliphatic rings. The van der Waals surface area contributed by atoms with Crippen molar-refractivity contribution in [1.29, 1.82) is 0 Å². The molecule has 9 nitrogen and oxygen atoms in total. The molecule has 0 aliphatic carbocycles. The molecule has 2 heterocycles. The maximum absolute atomic E-state index is 12.2. The molecule has 0 atom stereocenters. The fraction of sp³-hybridized carbons (Fsp3) is 0.190. The maximum atomic E-state index is 12.2. The molecule has 2 aromatic heterocycles. The van der Waals surface area contributed by atoms with Gasteiger partial charge in [0, 0.05) is 18.4 Å². The van der Waals surface area contributed by atoms with Crippen molar-refractivity contribution in [3.63, 3.8) is 0 Å². The van der Waals surface area contributed by atoms with Gasteiger partial charge in [-0.3, -0.25) is 14.7 Å². The number of nitrogens with zero attached hydrogens (tertiary/aromatic N) is 3. The number of fused-ring (bicyclic) bond motifs is 1. The monoisotopic (exact) mass is 404 g/mol. The number of aromatic amines is 2. The average molecular weight is 404 g/mol. The van der Waals surface area contributed by atoms with Gasteiger partial charge in [-0.1, -0.05) is 12.1 Å². The van der Waals surface area contributed by atoms with Crippen LogP contribution < -0.4 is 15.6 Å². The van der Waals surface area contributed by atoms with E-state index >= 15 is 0 Å². The molecule has 0 fully saturated rings. The van der Waals surface area contributed by atoms with Crippen LogP contribution in [0.15, 0.2) is 53.3 Å². The molecule has 0 bridgehead atoms. The zero-order valence-corrected chi connectivity index (χ0v) is 16.3. The van der Waals surface area contributed by atoms with E-state index in [1.807, 2.05) is 30.3 Å². The van der Waals surface area contributed by atoms with Crippen LogP contribution in [0.2, 0.25) is 0 Å². The summed E-state index contributed by atoms with van der Waals surface area (Å²) in [7, 11) is 1.61. The molecule has 0 saturated carbocycles. The fourth-order valence-corrected chi connectivity index (χ4v) is 3.00. The van der Waals surface area contributed by atoms with Crippen molar-refractivity contribution in [2.24, 2.45) is 0 Å². The predicted molar refractivity (Wildman–Crippen MR) is 111 cm³/mol. The summed E-state index contributed by atoms with van der Waals surface area (Å²) in [5.41, 5.74) is 1.25. The topological polar surface area (TPSA) is 126 Å². The molecule has 0 radical (unpaired) electrons. The third kappa shape index (κ3) is 4.35. The van der Waals surface area contributed by atoms with Crippen molar-refractivity contribution >= 4 is 16.8 Å². The van der Waals surface area contributed by atoms with Crippen LogP contribution in [0.4, 0.5) is 0 Å². The van der Waals surface area contributed by atoms with Gasteiger partial charge < -0.3 is 15.0 Å². The van der Waals surface area contributed by atoms with Crippen LogP contribution >= 0.6 is 0 Å². The van der Waals surface area contributed by atoms with Gasteiger partial charge in [0.2, 0.25) is 5.91 Å². The quantitative estimate of drug-likeness (QED) is 0.432. The van der Waals surface area contributed by atoms with Crippen LogP contribution in [-0.4, -0.2) is 38.2 Å². The fourth-order valence-electron chi connectivity index (χ4n) is 3.00. The molecule has 1 amide bonds. The van der Waals surface area contributed by atoms with Crippen LogP contribution in [0.1, 0.15) is 18.1 Å². The summed E-state index contributed by atoms with van der Waals surface area (Å²) in [5.74, 6) is 2.15. The third-order valence-electron chi connectivity index (χ3n) is 4.58. The number of hydrogen-bond acceptors (Lipinski definition) is 6. The Morgan fingerprint density at radius 3 is 2.67 bits per heavy atom. The molecule has 4 rings (SSSR count). The van der Waals surface area contributed by atoms with Gasteiger partial charge in [-0.15, -0.1) is 0 Å². The van der Waals surface area contributed by atoms with Crippen molar-refractivity contribution in [3.8, 4) is 17.1 Å². The Bertz CT molecular complexity index is 1230. The van der Waals surface area contributed by atoms with Crippen LogP contribution in [-0.2, 0) is 17.8 Å².